The molecule has 0 aliphatic rings. The summed E-state index contributed by atoms with van der Waals surface area (Å²) in [6, 6.07) is -3.26. The fourth-order valence-corrected chi connectivity index (χ4v) is 2.52. The minimum atomic E-state index is -1.06. The number of amides is 3. The van der Waals surface area contributed by atoms with Crippen LogP contribution in [-0.2, 0) is 9.59 Å². The van der Waals surface area contributed by atoms with Gasteiger partial charge in [0.15, 0.2) is 11.6 Å². The lowest BCUT2D eigenvalue weighted by Gasteiger charge is -2.21. The SMILES string of the molecule is CC(=O)NCCCC[C@@H](NC(=O)N[C@H](C(C)=O)C(C)O)c1nc([C@@H](N)CO)no1. The van der Waals surface area contributed by atoms with Crippen LogP contribution in [0.1, 0.15) is 63.8 Å². The molecule has 0 aliphatic heterocycles. The molecule has 0 saturated heterocycles. The van der Waals surface area contributed by atoms with Crippen molar-refractivity contribution in [1.82, 2.24) is 26.1 Å². The molecule has 1 aromatic heterocycles. The molecule has 0 spiro atoms. The lowest BCUT2D eigenvalue weighted by Crippen LogP contribution is -2.51. The average molecular weight is 414 g/mol. The molecule has 0 aliphatic carbocycles. The van der Waals surface area contributed by atoms with E-state index >= 15 is 0 Å². The van der Waals surface area contributed by atoms with Gasteiger partial charge in [-0.25, -0.2) is 4.79 Å². The molecule has 3 amide bonds. The lowest BCUT2D eigenvalue weighted by atomic mass is 10.1. The van der Waals surface area contributed by atoms with Gasteiger partial charge in [-0.15, -0.1) is 0 Å². The van der Waals surface area contributed by atoms with Crippen molar-refractivity contribution >= 4 is 17.7 Å². The zero-order chi connectivity index (χ0) is 22.0. The molecule has 12 nitrogen and oxygen atoms in total. The summed E-state index contributed by atoms with van der Waals surface area (Å²) in [6.45, 7) is 4.19. The third kappa shape index (κ3) is 8.54. The maximum Gasteiger partial charge on any atom is 0.316 e. The lowest BCUT2D eigenvalue weighted by molar-refractivity contribution is -0.121. The summed E-state index contributed by atoms with van der Waals surface area (Å²) in [5, 5.41) is 30.2. The van der Waals surface area contributed by atoms with Crippen LogP contribution in [0.4, 0.5) is 4.79 Å². The van der Waals surface area contributed by atoms with Gasteiger partial charge >= 0.3 is 6.03 Å². The van der Waals surface area contributed by atoms with Crippen molar-refractivity contribution in [2.45, 2.75) is 64.3 Å². The number of nitrogens with one attached hydrogen (secondary N) is 3. The predicted molar refractivity (Wildman–Crippen MR) is 101 cm³/mol. The van der Waals surface area contributed by atoms with E-state index < -0.39 is 36.0 Å². The Hall–Kier alpha value is -2.57. The van der Waals surface area contributed by atoms with Gasteiger partial charge in [-0.05, 0) is 33.1 Å². The van der Waals surface area contributed by atoms with Gasteiger partial charge in [0.2, 0.25) is 11.8 Å². The van der Waals surface area contributed by atoms with Gasteiger partial charge in [-0.2, -0.15) is 4.98 Å². The number of nitrogens with two attached hydrogens (primary N) is 1. The number of aromatic nitrogens is 2. The number of aliphatic hydroxyl groups excluding tert-OH is 2. The highest BCUT2D eigenvalue weighted by Gasteiger charge is 2.26. The Bertz CT molecular complexity index is 679. The second kappa shape index (κ2) is 12.1. The van der Waals surface area contributed by atoms with Gasteiger partial charge in [0.05, 0.1) is 18.8 Å². The van der Waals surface area contributed by atoms with Crippen molar-refractivity contribution in [2.75, 3.05) is 13.2 Å². The molecule has 0 aromatic carbocycles. The predicted octanol–water partition coefficient (Wildman–Crippen LogP) is -0.953. The van der Waals surface area contributed by atoms with Crippen LogP contribution < -0.4 is 21.7 Å². The third-order valence-electron chi connectivity index (χ3n) is 4.09. The third-order valence-corrected chi connectivity index (χ3v) is 4.09. The number of ketones is 1. The fraction of sp³-hybridized carbons (Fsp3) is 0.706. The first-order valence-electron chi connectivity index (χ1n) is 9.35. The van der Waals surface area contributed by atoms with Crippen LogP contribution in [-0.4, -0.2) is 63.4 Å². The second-order valence-electron chi connectivity index (χ2n) is 6.76. The number of hydrogen-bond acceptors (Lipinski definition) is 9. The van der Waals surface area contributed by atoms with Crippen molar-refractivity contribution in [2.24, 2.45) is 5.73 Å². The van der Waals surface area contributed by atoms with E-state index in [0.29, 0.717) is 25.8 Å². The Morgan fingerprint density at radius 2 is 1.90 bits per heavy atom. The van der Waals surface area contributed by atoms with Gasteiger partial charge in [0, 0.05) is 13.5 Å². The number of carbonyl (C=O) groups excluding carboxylic acids is 3. The van der Waals surface area contributed by atoms with Crippen LogP contribution in [0.25, 0.3) is 0 Å². The van der Waals surface area contributed by atoms with Crippen LogP contribution in [0.5, 0.6) is 0 Å². The molecule has 1 heterocycles. The largest absolute Gasteiger partial charge is 0.394 e. The van der Waals surface area contributed by atoms with E-state index in [1.165, 1.54) is 20.8 Å². The number of carbonyl (C=O) groups is 3. The Kier molecular flexibility index (Phi) is 10.2. The molecule has 29 heavy (non-hydrogen) atoms. The Morgan fingerprint density at radius 3 is 2.45 bits per heavy atom. The number of rotatable bonds is 12. The first-order valence-corrected chi connectivity index (χ1v) is 9.35. The molecule has 1 aromatic rings. The zero-order valence-corrected chi connectivity index (χ0v) is 16.8. The summed E-state index contributed by atoms with van der Waals surface area (Å²) in [7, 11) is 0. The fourth-order valence-electron chi connectivity index (χ4n) is 2.52. The van der Waals surface area contributed by atoms with Crippen molar-refractivity contribution in [1.29, 1.82) is 0 Å². The summed E-state index contributed by atoms with van der Waals surface area (Å²) in [5.41, 5.74) is 5.67. The number of hydrogen-bond donors (Lipinski definition) is 6. The molecular formula is C17H30N6O6. The second-order valence-corrected chi connectivity index (χ2v) is 6.76. The molecular weight excluding hydrogens is 384 g/mol. The highest BCUT2D eigenvalue weighted by atomic mass is 16.5. The summed E-state index contributed by atoms with van der Waals surface area (Å²) in [4.78, 5) is 38.9. The normalized spacial score (nSPS) is 15.1. The van der Waals surface area contributed by atoms with Gasteiger partial charge in [-0.3, -0.25) is 9.59 Å². The van der Waals surface area contributed by atoms with Crippen LogP contribution in [0, 0.1) is 0 Å². The Balaban J connectivity index is 2.81. The average Bonchev–Trinajstić information content (AvgIpc) is 3.13. The minimum absolute atomic E-state index is 0.0926. The van der Waals surface area contributed by atoms with Crippen molar-refractivity contribution < 1.29 is 29.1 Å². The van der Waals surface area contributed by atoms with E-state index in [1.54, 1.807) is 0 Å². The molecule has 0 bridgehead atoms. The Morgan fingerprint density at radius 1 is 1.21 bits per heavy atom. The molecule has 0 fully saturated rings. The Labute approximate surface area is 168 Å². The van der Waals surface area contributed by atoms with E-state index in [4.69, 9.17) is 15.4 Å². The van der Waals surface area contributed by atoms with Gasteiger partial charge in [0.1, 0.15) is 12.1 Å². The van der Waals surface area contributed by atoms with Crippen molar-refractivity contribution in [3.8, 4) is 0 Å². The van der Waals surface area contributed by atoms with Crippen molar-refractivity contribution in [3.63, 3.8) is 0 Å². The first-order chi connectivity index (χ1) is 13.6. The number of urea groups is 1. The number of Topliss-reactive ketones (excluding diaryl/α,β-unsaturated/α-hetero) is 1. The van der Waals surface area contributed by atoms with E-state index in [2.05, 4.69) is 26.1 Å². The maximum absolute atomic E-state index is 12.3. The highest BCUT2D eigenvalue weighted by Crippen LogP contribution is 2.19. The first kappa shape index (κ1) is 24.5. The summed E-state index contributed by atoms with van der Waals surface area (Å²) in [5.74, 6) is -0.337. The number of nitrogens with zero attached hydrogens (tertiary/aromatic N) is 2. The zero-order valence-electron chi connectivity index (χ0n) is 16.8. The van der Waals surface area contributed by atoms with E-state index in [0.717, 1.165) is 0 Å². The van der Waals surface area contributed by atoms with Crippen LogP contribution in [0.2, 0.25) is 0 Å². The molecule has 0 radical (unpaired) electrons. The number of aliphatic hydroxyl groups is 2. The van der Waals surface area contributed by atoms with Gasteiger partial charge in [-0.1, -0.05) is 5.16 Å². The van der Waals surface area contributed by atoms with Crippen LogP contribution in [0.3, 0.4) is 0 Å². The summed E-state index contributed by atoms with van der Waals surface area (Å²) < 4.78 is 5.17. The minimum Gasteiger partial charge on any atom is -0.394 e. The van der Waals surface area contributed by atoms with Crippen molar-refractivity contribution in [3.05, 3.63) is 11.7 Å². The topological polar surface area (TPSA) is 193 Å². The molecule has 1 unspecified atom stereocenters. The quantitative estimate of drug-likeness (QED) is 0.234. The summed E-state index contributed by atoms with van der Waals surface area (Å²) in [6.07, 6.45) is 0.608. The molecule has 0 saturated carbocycles. The van der Waals surface area contributed by atoms with Gasteiger partial charge in [0.25, 0.3) is 0 Å². The molecule has 4 atom stereocenters. The van der Waals surface area contributed by atoms with Crippen LogP contribution in [0.15, 0.2) is 4.52 Å². The van der Waals surface area contributed by atoms with Gasteiger partial charge < -0.3 is 36.4 Å². The molecule has 1 rings (SSSR count). The number of unbranched alkanes of at least 4 members (excludes halogenated alkanes) is 1. The standard InChI is InChI=1S/C17H30N6O6/c1-9(25)14(10(2)26)21-17(28)20-13(6-4-5-7-19-11(3)27)16-22-15(23-29-16)12(18)8-24/h9,12-14,24-25H,4-8,18H2,1-3H3,(H,19,27)(H2,20,21,28)/t9?,12-,13+,14-/m0/s1. The summed E-state index contributed by atoms with van der Waals surface area (Å²) >= 11 is 0. The molecule has 12 heteroatoms. The van der Waals surface area contributed by atoms with Crippen LogP contribution >= 0.6 is 0 Å². The van der Waals surface area contributed by atoms with E-state index in [1.807, 2.05) is 0 Å². The van der Waals surface area contributed by atoms with E-state index in [-0.39, 0.29) is 24.2 Å². The maximum atomic E-state index is 12.3. The monoisotopic (exact) mass is 414 g/mol. The molecule has 164 valence electrons. The smallest absolute Gasteiger partial charge is 0.316 e. The molecule has 7 N–H and O–H groups in total. The highest BCUT2D eigenvalue weighted by molar-refractivity contribution is 5.87. The van der Waals surface area contributed by atoms with E-state index in [9.17, 15) is 19.5 Å².